The molecule has 2 aromatic heterocycles. The molecule has 0 aliphatic carbocycles. The van der Waals surface area contributed by atoms with E-state index >= 15 is 0 Å². The van der Waals surface area contributed by atoms with Crippen molar-refractivity contribution in [2.75, 3.05) is 35.3 Å². The Morgan fingerprint density at radius 2 is 1.97 bits per heavy atom. The van der Waals surface area contributed by atoms with Gasteiger partial charge in [-0.1, -0.05) is 6.07 Å². The number of rotatable bonds is 2. The van der Waals surface area contributed by atoms with E-state index in [1.807, 2.05) is 4.90 Å². The van der Waals surface area contributed by atoms with Crippen LogP contribution in [0.2, 0.25) is 0 Å². The third-order valence-electron chi connectivity index (χ3n) is 6.14. The van der Waals surface area contributed by atoms with E-state index < -0.39 is 23.5 Å². The molecule has 2 aliphatic rings. The van der Waals surface area contributed by atoms with Gasteiger partial charge in [-0.15, -0.1) is 0 Å². The van der Waals surface area contributed by atoms with Gasteiger partial charge >= 0.3 is 6.18 Å². The molecule has 0 radical (unpaired) electrons. The molecule has 0 spiro atoms. The first-order valence-corrected chi connectivity index (χ1v) is 10.4. The molecule has 1 saturated heterocycles. The molecule has 0 bridgehead atoms. The molecule has 1 amide bonds. The Morgan fingerprint density at radius 1 is 1.18 bits per heavy atom. The average Bonchev–Trinajstić information content (AvgIpc) is 3.22. The Labute approximate surface area is 185 Å². The lowest BCUT2D eigenvalue weighted by molar-refractivity contribution is -0.147. The summed E-state index contributed by atoms with van der Waals surface area (Å²) >= 11 is 0. The van der Waals surface area contributed by atoms with E-state index in [1.54, 1.807) is 13.1 Å². The second kappa shape index (κ2) is 7.42. The molecular formula is C21H20F3N7O2. The van der Waals surface area contributed by atoms with Crippen molar-refractivity contribution in [3.63, 3.8) is 0 Å². The summed E-state index contributed by atoms with van der Waals surface area (Å²) in [5.41, 5.74) is -0.600. The highest BCUT2D eigenvalue weighted by atomic mass is 19.4. The van der Waals surface area contributed by atoms with Gasteiger partial charge in [-0.2, -0.15) is 18.2 Å². The first kappa shape index (κ1) is 21.2. The molecule has 1 fully saturated rings. The van der Waals surface area contributed by atoms with Gasteiger partial charge in [0, 0.05) is 39.4 Å². The van der Waals surface area contributed by atoms with E-state index in [2.05, 4.69) is 20.3 Å². The van der Waals surface area contributed by atoms with Crippen LogP contribution in [-0.2, 0) is 13.2 Å². The van der Waals surface area contributed by atoms with Crippen LogP contribution >= 0.6 is 0 Å². The maximum absolute atomic E-state index is 13.6. The fourth-order valence-corrected chi connectivity index (χ4v) is 4.56. The topological polar surface area (TPSA) is 96.2 Å². The Bertz CT molecular complexity index is 1340. The van der Waals surface area contributed by atoms with Crippen LogP contribution in [0.5, 0.6) is 0 Å². The summed E-state index contributed by atoms with van der Waals surface area (Å²) in [5.74, 6) is -0.916. The predicted molar refractivity (Wildman–Crippen MR) is 116 cm³/mol. The van der Waals surface area contributed by atoms with Crippen LogP contribution in [-0.4, -0.2) is 51.6 Å². The van der Waals surface area contributed by atoms with Gasteiger partial charge < -0.3 is 15.1 Å². The van der Waals surface area contributed by atoms with Crippen LogP contribution in [0, 0.1) is 0 Å². The summed E-state index contributed by atoms with van der Waals surface area (Å²) < 4.78 is 41.2. The lowest BCUT2D eigenvalue weighted by Crippen LogP contribution is -2.40. The smallest absolute Gasteiger partial charge is 0.357 e. The number of hydrogen-bond acceptors (Lipinski definition) is 7. The highest BCUT2D eigenvalue weighted by molar-refractivity contribution is 6.13. The van der Waals surface area contributed by atoms with Gasteiger partial charge in [0.1, 0.15) is 16.9 Å². The molecule has 0 unspecified atom stereocenters. The minimum atomic E-state index is -4.83. The molecule has 1 atom stereocenters. The van der Waals surface area contributed by atoms with Crippen LogP contribution in [0.4, 0.5) is 30.6 Å². The van der Waals surface area contributed by atoms with Gasteiger partial charge in [0.05, 0.1) is 11.1 Å². The molecule has 12 heteroatoms. The minimum absolute atomic E-state index is 0.00493. The van der Waals surface area contributed by atoms with Gasteiger partial charge in [0.2, 0.25) is 11.8 Å². The summed E-state index contributed by atoms with van der Waals surface area (Å²) in [5, 5.41) is 2.87. The molecule has 3 aromatic rings. The van der Waals surface area contributed by atoms with Crippen molar-refractivity contribution in [2.24, 2.45) is 7.05 Å². The van der Waals surface area contributed by atoms with Crippen LogP contribution in [0.3, 0.4) is 0 Å². The fraction of sp³-hybridized carbons (Fsp3) is 0.381. The van der Waals surface area contributed by atoms with Crippen molar-refractivity contribution in [3.8, 4) is 0 Å². The number of hydrogen-bond donors (Lipinski definition) is 1. The molecular weight excluding hydrogens is 439 g/mol. The third-order valence-corrected chi connectivity index (χ3v) is 6.14. The van der Waals surface area contributed by atoms with Crippen molar-refractivity contribution >= 4 is 34.3 Å². The van der Waals surface area contributed by atoms with E-state index in [0.29, 0.717) is 22.9 Å². The number of amides is 1. The van der Waals surface area contributed by atoms with Gasteiger partial charge in [-0.25, -0.2) is 9.97 Å². The minimum Gasteiger partial charge on any atom is -0.357 e. The lowest BCUT2D eigenvalue weighted by atomic mass is 10.1. The average molecular weight is 459 g/mol. The number of nitrogens with one attached hydrogen (secondary N) is 1. The van der Waals surface area contributed by atoms with Crippen LogP contribution in [0.1, 0.15) is 29.0 Å². The van der Waals surface area contributed by atoms with E-state index in [1.165, 1.54) is 23.2 Å². The molecule has 1 N–H and O–H groups in total. The summed E-state index contributed by atoms with van der Waals surface area (Å²) in [6.45, 7) is 0.924. The largest absolute Gasteiger partial charge is 0.449 e. The van der Waals surface area contributed by atoms with Gasteiger partial charge in [0.25, 0.3) is 11.5 Å². The Balaban J connectivity index is 1.73. The normalized spacial score (nSPS) is 18.3. The monoisotopic (exact) mass is 459 g/mol. The molecule has 5 rings (SSSR count). The lowest BCUT2D eigenvalue weighted by Gasteiger charge is -2.27. The Hall–Kier alpha value is -3.70. The SMILES string of the molecule is CNc1ncc2c(n1)N1CCC[C@H]1CN(c1cccc3c(=O)n(C)c(C(F)(F)F)nc13)C2=O. The number of alkyl halides is 3. The number of anilines is 3. The number of nitrogens with zero attached hydrogens (tertiary/aromatic N) is 6. The number of para-hydroxylation sites is 1. The second-order valence-corrected chi connectivity index (χ2v) is 8.06. The summed E-state index contributed by atoms with van der Waals surface area (Å²) in [6, 6.07) is 4.38. The van der Waals surface area contributed by atoms with Crippen LogP contribution in [0.15, 0.2) is 29.2 Å². The zero-order valence-corrected chi connectivity index (χ0v) is 17.8. The van der Waals surface area contributed by atoms with Crippen molar-refractivity contribution in [3.05, 3.63) is 46.1 Å². The van der Waals surface area contributed by atoms with E-state index in [9.17, 15) is 22.8 Å². The highest BCUT2D eigenvalue weighted by Crippen LogP contribution is 2.36. The molecule has 172 valence electrons. The van der Waals surface area contributed by atoms with Gasteiger partial charge in [-0.05, 0) is 25.0 Å². The van der Waals surface area contributed by atoms with E-state index in [0.717, 1.165) is 19.9 Å². The second-order valence-electron chi connectivity index (χ2n) is 8.06. The molecule has 2 aliphatic heterocycles. The van der Waals surface area contributed by atoms with E-state index in [4.69, 9.17) is 0 Å². The number of carbonyl (C=O) groups excluding carboxylic acids is 1. The zero-order valence-electron chi connectivity index (χ0n) is 17.8. The summed E-state index contributed by atoms with van der Waals surface area (Å²) in [7, 11) is 2.71. The van der Waals surface area contributed by atoms with Gasteiger partial charge in [-0.3, -0.25) is 14.2 Å². The van der Waals surface area contributed by atoms with Crippen molar-refractivity contribution < 1.29 is 18.0 Å². The molecule has 1 aromatic carbocycles. The predicted octanol–water partition coefficient (Wildman–Crippen LogP) is 2.41. The maximum atomic E-state index is 13.6. The number of benzene rings is 1. The summed E-state index contributed by atoms with van der Waals surface area (Å²) in [6.07, 6.45) is -1.74. The Morgan fingerprint density at radius 3 is 2.70 bits per heavy atom. The Kier molecular flexibility index (Phi) is 4.76. The van der Waals surface area contributed by atoms with Crippen molar-refractivity contribution in [1.82, 2.24) is 19.5 Å². The molecule has 4 heterocycles. The first-order chi connectivity index (χ1) is 15.7. The number of fused-ring (bicyclic) bond motifs is 4. The molecule has 33 heavy (non-hydrogen) atoms. The quantitative estimate of drug-likeness (QED) is 0.629. The standard InChI is InChI=1S/C21H20F3N7O2/c1-25-20-26-9-13-16(28-20)30-8-4-5-11(30)10-31(18(13)33)14-7-3-6-12-15(14)27-19(21(22,23)24)29(2)17(12)32/h3,6-7,9,11H,4-5,8,10H2,1-2H3,(H,25,26,28)/t11-/m0/s1. The van der Waals surface area contributed by atoms with Crippen molar-refractivity contribution in [1.29, 1.82) is 0 Å². The van der Waals surface area contributed by atoms with Gasteiger partial charge in [0.15, 0.2) is 0 Å². The first-order valence-electron chi connectivity index (χ1n) is 10.4. The fourth-order valence-electron chi connectivity index (χ4n) is 4.56. The maximum Gasteiger partial charge on any atom is 0.449 e. The number of aromatic nitrogens is 4. The number of carbonyl (C=O) groups is 1. The highest BCUT2D eigenvalue weighted by Gasteiger charge is 2.40. The zero-order chi connectivity index (χ0) is 23.5. The van der Waals surface area contributed by atoms with E-state index in [-0.39, 0.29) is 34.7 Å². The van der Waals surface area contributed by atoms with Crippen molar-refractivity contribution in [2.45, 2.75) is 25.1 Å². The van der Waals surface area contributed by atoms with Crippen LogP contribution in [0.25, 0.3) is 10.9 Å². The number of halogens is 3. The van der Waals surface area contributed by atoms with Crippen LogP contribution < -0.4 is 20.7 Å². The molecule has 9 nitrogen and oxygen atoms in total. The third kappa shape index (κ3) is 3.28. The summed E-state index contributed by atoms with van der Waals surface area (Å²) in [4.78, 5) is 42.2. The molecule has 0 saturated carbocycles.